The van der Waals surface area contributed by atoms with E-state index >= 15 is 0 Å². The van der Waals surface area contributed by atoms with E-state index < -0.39 is 11.8 Å². The maximum atomic E-state index is 13.3. The summed E-state index contributed by atoms with van der Waals surface area (Å²) >= 11 is 1.21. The lowest BCUT2D eigenvalue weighted by atomic mass is 10.2. The predicted molar refractivity (Wildman–Crippen MR) is 76.6 cm³/mol. The van der Waals surface area contributed by atoms with Crippen molar-refractivity contribution in [1.29, 1.82) is 0 Å². The highest BCUT2D eigenvalue weighted by Crippen LogP contribution is 2.25. The predicted octanol–water partition coefficient (Wildman–Crippen LogP) is 2.92. The third kappa shape index (κ3) is 4.85. The van der Waals surface area contributed by atoms with Crippen LogP contribution in [0.25, 0.3) is 0 Å². The van der Waals surface area contributed by atoms with Crippen LogP contribution >= 0.6 is 11.8 Å². The molecule has 0 heterocycles. The number of aromatic carboxylic acids is 1. The van der Waals surface area contributed by atoms with Crippen LogP contribution in [0.2, 0.25) is 0 Å². The van der Waals surface area contributed by atoms with Crippen molar-refractivity contribution >= 4 is 23.6 Å². The first-order valence-corrected chi connectivity index (χ1v) is 7.31. The quantitative estimate of drug-likeness (QED) is 0.600. The van der Waals surface area contributed by atoms with Crippen LogP contribution < -0.4 is 5.32 Å². The van der Waals surface area contributed by atoms with Gasteiger partial charge in [0.25, 0.3) is 0 Å². The van der Waals surface area contributed by atoms with Gasteiger partial charge in [-0.2, -0.15) is 0 Å². The van der Waals surface area contributed by atoms with Gasteiger partial charge in [-0.15, -0.1) is 11.8 Å². The number of amides is 1. The molecule has 0 aliphatic rings. The molecule has 0 aliphatic carbocycles. The number of thioether (sulfide) groups is 1. The SMILES string of the molecule is CCCCNC(=O)C(C)Sc1ccc(F)c(C(=O)O)c1. The number of hydrogen-bond donors (Lipinski definition) is 2. The van der Waals surface area contributed by atoms with Crippen molar-refractivity contribution < 1.29 is 19.1 Å². The Bertz CT molecular complexity index is 493. The number of nitrogens with one attached hydrogen (secondary N) is 1. The van der Waals surface area contributed by atoms with E-state index in [1.807, 2.05) is 6.92 Å². The highest BCUT2D eigenvalue weighted by Gasteiger charge is 2.16. The topological polar surface area (TPSA) is 66.4 Å². The van der Waals surface area contributed by atoms with Crippen molar-refractivity contribution in [3.05, 3.63) is 29.6 Å². The molecule has 1 aromatic carbocycles. The van der Waals surface area contributed by atoms with Crippen molar-refractivity contribution in [3.63, 3.8) is 0 Å². The molecule has 4 nitrogen and oxygen atoms in total. The van der Waals surface area contributed by atoms with Crippen LogP contribution in [0.4, 0.5) is 4.39 Å². The number of carbonyl (C=O) groups is 2. The van der Waals surface area contributed by atoms with Gasteiger partial charge in [-0.25, -0.2) is 9.18 Å². The van der Waals surface area contributed by atoms with E-state index in [0.717, 1.165) is 18.9 Å². The van der Waals surface area contributed by atoms with E-state index in [1.165, 1.54) is 23.9 Å². The van der Waals surface area contributed by atoms with E-state index in [4.69, 9.17) is 5.11 Å². The first-order valence-electron chi connectivity index (χ1n) is 6.43. The maximum Gasteiger partial charge on any atom is 0.338 e. The molecule has 0 saturated heterocycles. The van der Waals surface area contributed by atoms with Gasteiger partial charge in [0.15, 0.2) is 0 Å². The van der Waals surface area contributed by atoms with Crippen molar-refractivity contribution in [1.82, 2.24) is 5.32 Å². The average Bonchev–Trinajstić information content (AvgIpc) is 2.40. The van der Waals surface area contributed by atoms with Crippen LogP contribution in [0.15, 0.2) is 23.1 Å². The Labute approximate surface area is 121 Å². The van der Waals surface area contributed by atoms with Gasteiger partial charge in [0.2, 0.25) is 5.91 Å². The second-order valence-electron chi connectivity index (χ2n) is 4.35. The largest absolute Gasteiger partial charge is 0.478 e. The van der Waals surface area contributed by atoms with E-state index in [2.05, 4.69) is 5.32 Å². The molecule has 0 radical (unpaired) electrons. The third-order valence-electron chi connectivity index (χ3n) is 2.68. The zero-order chi connectivity index (χ0) is 15.1. The Morgan fingerprint density at radius 3 is 2.75 bits per heavy atom. The fourth-order valence-corrected chi connectivity index (χ4v) is 2.46. The molecule has 0 aromatic heterocycles. The maximum absolute atomic E-state index is 13.3. The van der Waals surface area contributed by atoms with Crippen LogP contribution in [0.3, 0.4) is 0 Å². The van der Waals surface area contributed by atoms with Crippen LogP contribution in [0.5, 0.6) is 0 Å². The highest BCUT2D eigenvalue weighted by molar-refractivity contribution is 8.00. The molecular formula is C14H18FNO3S. The molecule has 20 heavy (non-hydrogen) atoms. The van der Waals surface area contributed by atoms with Gasteiger partial charge in [-0.3, -0.25) is 4.79 Å². The summed E-state index contributed by atoms with van der Waals surface area (Å²) in [6.45, 7) is 4.40. The lowest BCUT2D eigenvalue weighted by Crippen LogP contribution is -2.31. The molecule has 0 bridgehead atoms. The Hall–Kier alpha value is -1.56. The summed E-state index contributed by atoms with van der Waals surface area (Å²) in [6, 6.07) is 3.83. The summed E-state index contributed by atoms with van der Waals surface area (Å²) < 4.78 is 13.3. The first-order chi connectivity index (χ1) is 9.45. The summed E-state index contributed by atoms with van der Waals surface area (Å²) in [5.74, 6) is -2.20. The standard InChI is InChI=1S/C14H18FNO3S/c1-3-4-7-16-13(17)9(2)20-10-5-6-12(15)11(8-10)14(18)19/h5-6,8-9H,3-4,7H2,1-2H3,(H,16,17)(H,18,19). The van der Waals surface area contributed by atoms with Crippen LogP contribution in [0.1, 0.15) is 37.0 Å². The van der Waals surface area contributed by atoms with Gasteiger partial charge in [-0.05, 0) is 31.5 Å². The minimum Gasteiger partial charge on any atom is -0.478 e. The molecule has 6 heteroatoms. The highest BCUT2D eigenvalue weighted by atomic mass is 32.2. The lowest BCUT2D eigenvalue weighted by Gasteiger charge is -2.12. The van der Waals surface area contributed by atoms with Crippen molar-refractivity contribution in [2.45, 2.75) is 36.8 Å². The molecule has 0 spiro atoms. The summed E-state index contributed by atoms with van der Waals surface area (Å²) in [5, 5.41) is 11.3. The number of carboxylic acid groups (broad SMARTS) is 1. The Morgan fingerprint density at radius 2 is 2.15 bits per heavy atom. The number of benzene rings is 1. The number of halogens is 1. The summed E-state index contributed by atoms with van der Waals surface area (Å²) in [6.07, 6.45) is 1.92. The monoisotopic (exact) mass is 299 g/mol. The van der Waals surface area contributed by atoms with Gasteiger partial charge in [-0.1, -0.05) is 13.3 Å². The molecule has 0 saturated carbocycles. The summed E-state index contributed by atoms with van der Waals surface area (Å²) in [5.41, 5.74) is -0.381. The van der Waals surface area contributed by atoms with E-state index in [1.54, 1.807) is 6.92 Å². The smallest absolute Gasteiger partial charge is 0.338 e. The van der Waals surface area contributed by atoms with E-state index in [0.29, 0.717) is 11.4 Å². The Kier molecular flexibility index (Phi) is 6.51. The molecule has 1 unspecified atom stereocenters. The van der Waals surface area contributed by atoms with Crippen molar-refractivity contribution in [3.8, 4) is 0 Å². The van der Waals surface area contributed by atoms with Crippen LogP contribution in [0, 0.1) is 5.82 Å². The van der Waals surface area contributed by atoms with Crippen molar-refractivity contribution in [2.75, 3.05) is 6.54 Å². The fourth-order valence-electron chi connectivity index (χ4n) is 1.53. The van der Waals surface area contributed by atoms with Gasteiger partial charge in [0, 0.05) is 11.4 Å². The Morgan fingerprint density at radius 1 is 1.45 bits per heavy atom. The normalized spacial score (nSPS) is 11.9. The minimum atomic E-state index is -1.31. The second kappa shape index (κ2) is 7.89. The third-order valence-corrected chi connectivity index (χ3v) is 3.77. The molecule has 0 fully saturated rings. The first kappa shape index (κ1) is 16.5. The molecular weight excluding hydrogens is 281 g/mol. The summed E-state index contributed by atoms with van der Waals surface area (Å²) in [4.78, 5) is 23.2. The zero-order valence-corrected chi connectivity index (χ0v) is 12.3. The van der Waals surface area contributed by atoms with E-state index in [9.17, 15) is 14.0 Å². The summed E-state index contributed by atoms with van der Waals surface area (Å²) in [7, 11) is 0. The second-order valence-corrected chi connectivity index (χ2v) is 5.77. The number of carbonyl (C=O) groups excluding carboxylic acids is 1. The molecule has 1 atom stereocenters. The minimum absolute atomic E-state index is 0.107. The average molecular weight is 299 g/mol. The van der Waals surface area contributed by atoms with Gasteiger partial charge >= 0.3 is 5.97 Å². The lowest BCUT2D eigenvalue weighted by molar-refractivity contribution is -0.120. The van der Waals surface area contributed by atoms with Crippen LogP contribution in [-0.2, 0) is 4.79 Å². The molecule has 1 aromatic rings. The van der Waals surface area contributed by atoms with Gasteiger partial charge in [0.1, 0.15) is 5.82 Å². The van der Waals surface area contributed by atoms with E-state index in [-0.39, 0.29) is 16.7 Å². The van der Waals surface area contributed by atoms with Crippen molar-refractivity contribution in [2.24, 2.45) is 0 Å². The number of rotatable bonds is 7. The van der Waals surface area contributed by atoms with Gasteiger partial charge < -0.3 is 10.4 Å². The molecule has 0 aliphatic heterocycles. The Balaban J connectivity index is 2.66. The fraction of sp³-hybridized carbons (Fsp3) is 0.429. The van der Waals surface area contributed by atoms with Crippen LogP contribution in [-0.4, -0.2) is 28.8 Å². The number of unbranched alkanes of at least 4 members (excludes halogenated alkanes) is 1. The molecule has 2 N–H and O–H groups in total. The van der Waals surface area contributed by atoms with Gasteiger partial charge in [0.05, 0.1) is 10.8 Å². The zero-order valence-electron chi connectivity index (χ0n) is 11.5. The number of hydrogen-bond acceptors (Lipinski definition) is 3. The number of carboxylic acids is 1. The molecule has 1 amide bonds. The molecule has 1 rings (SSSR count). The molecule has 110 valence electrons.